The molecule has 2 aromatic rings. The molecule has 0 aliphatic carbocycles. The number of nitrogens with one attached hydrogen (secondary N) is 1. The summed E-state index contributed by atoms with van der Waals surface area (Å²) in [6, 6.07) is 8.36. The van der Waals surface area contributed by atoms with E-state index in [-0.39, 0.29) is 5.56 Å². The zero-order chi connectivity index (χ0) is 19.1. The van der Waals surface area contributed by atoms with E-state index < -0.39 is 0 Å². The van der Waals surface area contributed by atoms with Crippen LogP contribution >= 0.6 is 0 Å². The van der Waals surface area contributed by atoms with Crippen molar-refractivity contribution in [1.82, 2.24) is 9.97 Å². The van der Waals surface area contributed by atoms with Gasteiger partial charge in [0.1, 0.15) is 0 Å². The molecule has 0 fully saturated rings. The number of para-hydroxylation sites is 1. The molecule has 1 N–H and O–H groups in total. The molecule has 0 saturated heterocycles. The van der Waals surface area contributed by atoms with Crippen LogP contribution in [0.5, 0.6) is 0 Å². The summed E-state index contributed by atoms with van der Waals surface area (Å²) in [5, 5.41) is 0. The van der Waals surface area contributed by atoms with Gasteiger partial charge in [-0.1, -0.05) is 70.1 Å². The van der Waals surface area contributed by atoms with E-state index in [1.54, 1.807) is 0 Å². The summed E-state index contributed by atoms with van der Waals surface area (Å²) < 4.78 is 0. The van der Waals surface area contributed by atoms with E-state index >= 15 is 0 Å². The van der Waals surface area contributed by atoms with Crippen LogP contribution < -0.4 is 10.5 Å². The van der Waals surface area contributed by atoms with Crippen LogP contribution in [-0.4, -0.2) is 16.5 Å². The molecule has 0 radical (unpaired) electrons. The summed E-state index contributed by atoms with van der Waals surface area (Å²) >= 11 is 0. The van der Waals surface area contributed by atoms with Crippen molar-refractivity contribution in [3.8, 4) is 0 Å². The molecule has 0 atom stereocenters. The molecule has 0 spiro atoms. The van der Waals surface area contributed by atoms with Gasteiger partial charge in [0.25, 0.3) is 5.56 Å². The molecule has 4 heteroatoms. The highest BCUT2D eigenvalue weighted by atomic mass is 16.1. The lowest BCUT2D eigenvalue weighted by molar-refractivity contribution is 0.574. The third kappa shape index (κ3) is 5.00. The average Bonchev–Trinajstić information content (AvgIpc) is 3.09. The first-order valence-corrected chi connectivity index (χ1v) is 10.7. The Morgan fingerprint density at radius 1 is 1.04 bits per heavy atom. The second-order valence-corrected chi connectivity index (χ2v) is 7.71. The minimum Gasteiger partial charge on any atom is -0.311 e. The monoisotopic (exact) mass is 367 g/mol. The molecule has 0 bridgehead atoms. The number of nitrogens with zero attached hydrogens (tertiary/aromatic N) is 2. The maximum atomic E-state index is 12.6. The molecule has 0 amide bonds. The Balaban J connectivity index is 1.56. The van der Waals surface area contributed by atoms with Gasteiger partial charge < -0.3 is 4.90 Å². The van der Waals surface area contributed by atoms with Crippen molar-refractivity contribution < 1.29 is 0 Å². The van der Waals surface area contributed by atoms with Gasteiger partial charge in [-0.15, -0.1) is 0 Å². The van der Waals surface area contributed by atoms with Crippen molar-refractivity contribution in [2.24, 2.45) is 0 Å². The van der Waals surface area contributed by atoms with Gasteiger partial charge in [0.2, 0.25) is 5.95 Å². The lowest BCUT2D eigenvalue weighted by atomic mass is 10.0. The fourth-order valence-corrected chi connectivity index (χ4v) is 4.01. The van der Waals surface area contributed by atoms with Gasteiger partial charge in [0.05, 0.1) is 0 Å². The zero-order valence-electron chi connectivity index (χ0n) is 16.9. The predicted molar refractivity (Wildman–Crippen MR) is 113 cm³/mol. The highest BCUT2D eigenvalue weighted by molar-refractivity contribution is 5.65. The molecule has 1 aromatic carbocycles. The minimum absolute atomic E-state index is 0.0322. The third-order valence-electron chi connectivity index (χ3n) is 5.63. The summed E-state index contributed by atoms with van der Waals surface area (Å²) in [6.07, 6.45) is 12.1. The highest BCUT2D eigenvalue weighted by Crippen LogP contribution is 2.32. The number of unbranched alkanes of at least 4 members (excludes halogenated alkanes) is 7. The number of aryl methyl sites for hydroxylation is 1. The van der Waals surface area contributed by atoms with Crippen LogP contribution in [0.3, 0.4) is 0 Å². The third-order valence-corrected chi connectivity index (χ3v) is 5.63. The van der Waals surface area contributed by atoms with E-state index in [9.17, 15) is 4.79 Å². The van der Waals surface area contributed by atoms with Crippen molar-refractivity contribution in [3.63, 3.8) is 0 Å². The summed E-state index contributed by atoms with van der Waals surface area (Å²) in [6.45, 7) is 5.10. The molecule has 146 valence electrons. The van der Waals surface area contributed by atoms with E-state index in [4.69, 9.17) is 4.98 Å². The van der Waals surface area contributed by atoms with E-state index in [2.05, 4.69) is 35.0 Å². The maximum absolute atomic E-state index is 12.6. The van der Waals surface area contributed by atoms with Crippen LogP contribution in [0.25, 0.3) is 0 Å². The number of hydrogen-bond donors (Lipinski definition) is 1. The van der Waals surface area contributed by atoms with Crippen LogP contribution in [0.15, 0.2) is 29.1 Å². The predicted octanol–water partition coefficient (Wildman–Crippen LogP) is 5.46. The van der Waals surface area contributed by atoms with Gasteiger partial charge in [-0.05, 0) is 37.8 Å². The number of hydrogen-bond acceptors (Lipinski definition) is 3. The van der Waals surface area contributed by atoms with E-state index in [1.807, 2.05) is 13.0 Å². The first-order valence-electron chi connectivity index (χ1n) is 10.7. The van der Waals surface area contributed by atoms with Crippen LogP contribution in [0, 0.1) is 6.92 Å². The number of H-pyrrole nitrogens is 1. The molecular weight excluding hydrogens is 334 g/mol. The molecule has 4 nitrogen and oxygen atoms in total. The molecular formula is C23H33N3O. The molecule has 3 rings (SSSR count). The van der Waals surface area contributed by atoms with Crippen LogP contribution in [0.2, 0.25) is 0 Å². The lowest BCUT2D eigenvalue weighted by Gasteiger charge is -2.19. The Kier molecular flexibility index (Phi) is 7.08. The van der Waals surface area contributed by atoms with Crippen molar-refractivity contribution in [1.29, 1.82) is 0 Å². The van der Waals surface area contributed by atoms with Gasteiger partial charge in [-0.3, -0.25) is 9.78 Å². The van der Waals surface area contributed by atoms with Crippen LogP contribution in [0.4, 0.5) is 11.6 Å². The molecule has 2 heterocycles. The first-order chi connectivity index (χ1) is 13.2. The summed E-state index contributed by atoms with van der Waals surface area (Å²) in [4.78, 5) is 22.5. The molecule has 1 aromatic heterocycles. The molecule has 0 unspecified atom stereocenters. The molecule has 1 aliphatic heterocycles. The second-order valence-electron chi connectivity index (χ2n) is 7.71. The maximum Gasteiger partial charge on any atom is 0.255 e. The number of fused-ring (bicyclic) bond motifs is 1. The Hall–Kier alpha value is -2.10. The number of aromatic nitrogens is 2. The van der Waals surface area contributed by atoms with Gasteiger partial charge in [0, 0.05) is 23.5 Å². The topological polar surface area (TPSA) is 49.0 Å². The lowest BCUT2D eigenvalue weighted by Crippen LogP contribution is -2.24. The standard InChI is InChI=1S/C23H33N3O/c1-3-4-5-6-7-8-9-10-14-20-18(2)24-23(25-22(20)27)26-17-16-19-13-11-12-15-21(19)26/h11-13,15H,3-10,14,16-17H2,1-2H3,(H,24,25,27). The van der Waals surface area contributed by atoms with Crippen molar-refractivity contribution in [2.75, 3.05) is 11.4 Å². The number of benzene rings is 1. The first kappa shape index (κ1) is 19.7. The van der Waals surface area contributed by atoms with E-state index in [1.165, 1.54) is 50.5 Å². The molecule has 1 aliphatic rings. The normalized spacial score (nSPS) is 13.2. The van der Waals surface area contributed by atoms with E-state index in [0.29, 0.717) is 5.95 Å². The minimum atomic E-state index is 0.0322. The number of rotatable bonds is 10. The van der Waals surface area contributed by atoms with Crippen molar-refractivity contribution in [3.05, 3.63) is 51.4 Å². The average molecular weight is 368 g/mol. The number of anilines is 2. The molecule has 27 heavy (non-hydrogen) atoms. The fraction of sp³-hybridized carbons (Fsp3) is 0.565. The molecule has 0 saturated carbocycles. The Labute approximate surface area is 163 Å². The Morgan fingerprint density at radius 3 is 2.48 bits per heavy atom. The van der Waals surface area contributed by atoms with E-state index in [0.717, 1.165) is 42.8 Å². The van der Waals surface area contributed by atoms with Crippen molar-refractivity contribution >= 4 is 11.6 Å². The zero-order valence-corrected chi connectivity index (χ0v) is 16.9. The summed E-state index contributed by atoms with van der Waals surface area (Å²) in [7, 11) is 0. The smallest absolute Gasteiger partial charge is 0.255 e. The SMILES string of the molecule is CCCCCCCCCCc1c(C)nc(N2CCc3ccccc32)[nH]c1=O. The number of aromatic amines is 1. The fourth-order valence-electron chi connectivity index (χ4n) is 4.01. The summed E-state index contributed by atoms with van der Waals surface area (Å²) in [5.41, 5.74) is 4.25. The van der Waals surface area contributed by atoms with Crippen molar-refractivity contribution in [2.45, 2.75) is 78.1 Å². The highest BCUT2D eigenvalue weighted by Gasteiger charge is 2.22. The van der Waals surface area contributed by atoms with Gasteiger partial charge in [0.15, 0.2) is 0 Å². The largest absolute Gasteiger partial charge is 0.311 e. The summed E-state index contributed by atoms with van der Waals surface area (Å²) in [5.74, 6) is 0.683. The van der Waals surface area contributed by atoms with Gasteiger partial charge >= 0.3 is 0 Å². The van der Waals surface area contributed by atoms with Crippen LogP contribution in [0.1, 0.15) is 75.1 Å². The Morgan fingerprint density at radius 2 is 1.74 bits per heavy atom. The Bertz CT molecular complexity index is 796. The quantitative estimate of drug-likeness (QED) is 0.568. The van der Waals surface area contributed by atoms with Gasteiger partial charge in [-0.25, -0.2) is 4.98 Å². The second kappa shape index (κ2) is 9.72. The van der Waals surface area contributed by atoms with Crippen LogP contribution in [-0.2, 0) is 12.8 Å². The van der Waals surface area contributed by atoms with Gasteiger partial charge in [-0.2, -0.15) is 0 Å².